The van der Waals surface area contributed by atoms with Gasteiger partial charge in [-0.05, 0) is 38.0 Å². The Kier molecular flexibility index (Phi) is 6.97. The Labute approximate surface area is 169 Å². The number of ether oxygens (including phenoxy) is 1. The van der Waals surface area contributed by atoms with Gasteiger partial charge in [0.05, 0.1) is 17.3 Å². The van der Waals surface area contributed by atoms with Gasteiger partial charge in [0.1, 0.15) is 5.52 Å². The number of benzene rings is 1. The Balaban J connectivity index is 1.68. The van der Waals surface area contributed by atoms with Crippen molar-refractivity contribution in [2.24, 2.45) is 0 Å². The summed E-state index contributed by atoms with van der Waals surface area (Å²) >= 11 is 1.17. The number of nitrogens with zero attached hydrogens (tertiary/aromatic N) is 2. The summed E-state index contributed by atoms with van der Waals surface area (Å²) in [5.41, 5.74) is 0.960. The van der Waals surface area contributed by atoms with E-state index in [1.807, 2.05) is 6.92 Å². The van der Waals surface area contributed by atoms with Crippen LogP contribution in [0.4, 0.5) is 0 Å². The maximum atomic E-state index is 12.8. The lowest BCUT2D eigenvalue weighted by molar-refractivity contribution is -0.119. The second-order valence-corrected chi connectivity index (χ2v) is 9.65. The number of aromatic nitrogens is 1. The summed E-state index contributed by atoms with van der Waals surface area (Å²) in [7, 11) is -1.94. The van der Waals surface area contributed by atoms with Crippen LogP contribution in [0.15, 0.2) is 32.7 Å². The van der Waals surface area contributed by atoms with Crippen molar-refractivity contribution in [3.05, 3.63) is 18.2 Å². The van der Waals surface area contributed by atoms with Crippen LogP contribution in [0, 0.1) is 0 Å². The number of thioether (sulfide) groups is 1. The number of methoxy groups -OCH3 is 1. The molecule has 1 atom stereocenters. The van der Waals surface area contributed by atoms with Crippen LogP contribution in [0.1, 0.15) is 26.2 Å². The molecule has 1 aliphatic heterocycles. The first-order valence-electron chi connectivity index (χ1n) is 9.22. The molecule has 1 fully saturated rings. The highest BCUT2D eigenvalue weighted by atomic mass is 32.2. The maximum Gasteiger partial charge on any atom is 0.257 e. The minimum atomic E-state index is -3.52. The fourth-order valence-electron chi connectivity index (χ4n) is 3.10. The first-order valence-corrected chi connectivity index (χ1v) is 11.6. The molecule has 3 rings (SSSR count). The molecule has 0 spiro atoms. The largest absolute Gasteiger partial charge is 0.431 e. The lowest BCUT2D eigenvalue weighted by atomic mass is 10.2. The Morgan fingerprint density at radius 3 is 2.82 bits per heavy atom. The molecule has 8 nitrogen and oxygen atoms in total. The van der Waals surface area contributed by atoms with E-state index >= 15 is 0 Å². The summed E-state index contributed by atoms with van der Waals surface area (Å²) in [5.74, 6) is 0.00460. The van der Waals surface area contributed by atoms with Gasteiger partial charge in [-0.2, -0.15) is 4.31 Å². The topological polar surface area (TPSA) is 102 Å². The quantitative estimate of drug-likeness (QED) is 0.645. The molecule has 1 amide bonds. The number of oxazole rings is 1. The summed E-state index contributed by atoms with van der Waals surface area (Å²) in [6.07, 6.45) is 2.83. The maximum absolute atomic E-state index is 12.8. The Morgan fingerprint density at radius 2 is 2.11 bits per heavy atom. The predicted molar refractivity (Wildman–Crippen MR) is 107 cm³/mol. The molecule has 10 heteroatoms. The fourth-order valence-corrected chi connectivity index (χ4v) is 5.29. The van der Waals surface area contributed by atoms with Gasteiger partial charge in [-0.1, -0.05) is 18.2 Å². The first kappa shape index (κ1) is 21.1. The van der Waals surface area contributed by atoms with Gasteiger partial charge >= 0.3 is 0 Å². The highest BCUT2D eigenvalue weighted by Gasteiger charge is 2.26. The highest BCUT2D eigenvalue weighted by Crippen LogP contribution is 2.27. The fraction of sp³-hybridized carbons (Fsp3) is 0.556. The van der Waals surface area contributed by atoms with Crippen LogP contribution in [-0.4, -0.2) is 62.2 Å². The molecule has 1 aromatic heterocycles. The molecule has 1 saturated heterocycles. The molecule has 1 N–H and O–H groups in total. The third-order valence-electron chi connectivity index (χ3n) is 4.44. The molecule has 28 heavy (non-hydrogen) atoms. The van der Waals surface area contributed by atoms with Gasteiger partial charge in [0.15, 0.2) is 5.58 Å². The van der Waals surface area contributed by atoms with Crippen molar-refractivity contribution >= 4 is 38.8 Å². The second kappa shape index (κ2) is 9.25. The predicted octanol–water partition coefficient (Wildman–Crippen LogP) is 2.25. The van der Waals surface area contributed by atoms with E-state index in [0.717, 1.165) is 19.3 Å². The van der Waals surface area contributed by atoms with E-state index in [0.29, 0.717) is 36.0 Å². The average Bonchev–Trinajstić information content (AvgIpc) is 3.09. The zero-order chi connectivity index (χ0) is 20.1. The molecule has 0 saturated carbocycles. The lowest BCUT2D eigenvalue weighted by Crippen LogP contribution is -2.36. The molecule has 0 unspecified atom stereocenters. The number of hydrogen-bond acceptors (Lipinski definition) is 7. The van der Waals surface area contributed by atoms with Crippen LogP contribution in [0.2, 0.25) is 0 Å². The molecule has 1 aromatic carbocycles. The standard InChI is InChI=1S/C18H25N3O5S2/c1-13(11-25-2)19-17(22)12-27-18-20-15-10-14(6-7-16(15)26-18)28(23,24)21-8-4-3-5-9-21/h6-7,10,13H,3-5,8-9,11-12H2,1-2H3,(H,19,22)/t13-/m0/s1. The number of carbonyl (C=O) groups excluding carboxylic acids is 1. The summed E-state index contributed by atoms with van der Waals surface area (Å²) in [4.78, 5) is 16.5. The van der Waals surface area contributed by atoms with Crippen molar-refractivity contribution in [2.45, 2.75) is 42.3 Å². The minimum absolute atomic E-state index is 0.0794. The number of hydrogen-bond donors (Lipinski definition) is 1. The number of carbonyl (C=O) groups is 1. The summed E-state index contributed by atoms with van der Waals surface area (Å²) < 4.78 is 37.7. The van der Waals surface area contributed by atoms with Gasteiger partial charge in [0.25, 0.3) is 5.22 Å². The number of amides is 1. The Bertz CT molecular complexity index is 922. The Morgan fingerprint density at radius 1 is 1.36 bits per heavy atom. The van der Waals surface area contributed by atoms with Gasteiger partial charge in [-0.3, -0.25) is 4.79 Å². The van der Waals surface area contributed by atoms with Gasteiger partial charge < -0.3 is 14.5 Å². The van der Waals surface area contributed by atoms with Crippen molar-refractivity contribution in [1.29, 1.82) is 0 Å². The zero-order valence-corrected chi connectivity index (χ0v) is 17.6. The zero-order valence-electron chi connectivity index (χ0n) is 16.0. The minimum Gasteiger partial charge on any atom is -0.431 e. The van der Waals surface area contributed by atoms with E-state index in [1.165, 1.54) is 22.1 Å². The molecular formula is C18H25N3O5S2. The van der Waals surface area contributed by atoms with Gasteiger partial charge in [-0.15, -0.1) is 0 Å². The monoisotopic (exact) mass is 427 g/mol. The third-order valence-corrected chi connectivity index (χ3v) is 7.17. The first-order chi connectivity index (χ1) is 13.4. The van der Waals surface area contributed by atoms with E-state index in [-0.39, 0.29) is 22.6 Å². The lowest BCUT2D eigenvalue weighted by Gasteiger charge is -2.25. The molecular weight excluding hydrogens is 402 g/mol. The number of sulfonamides is 1. The van der Waals surface area contributed by atoms with Crippen LogP contribution >= 0.6 is 11.8 Å². The molecule has 0 radical (unpaired) electrons. The van der Waals surface area contributed by atoms with Gasteiger partial charge in [-0.25, -0.2) is 13.4 Å². The van der Waals surface area contributed by atoms with Gasteiger partial charge in [0, 0.05) is 26.2 Å². The second-order valence-electron chi connectivity index (χ2n) is 6.79. The van der Waals surface area contributed by atoms with Crippen LogP contribution in [-0.2, 0) is 19.6 Å². The smallest absolute Gasteiger partial charge is 0.257 e. The van der Waals surface area contributed by atoms with E-state index < -0.39 is 10.0 Å². The molecule has 2 heterocycles. The van der Waals surface area contributed by atoms with Crippen LogP contribution in [0.25, 0.3) is 11.1 Å². The number of rotatable bonds is 8. The third kappa shape index (κ3) is 5.05. The molecule has 2 aromatic rings. The van der Waals surface area contributed by atoms with Crippen molar-refractivity contribution < 1.29 is 22.4 Å². The molecule has 0 bridgehead atoms. The molecule has 1 aliphatic rings. The van der Waals surface area contributed by atoms with Crippen molar-refractivity contribution in [1.82, 2.24) is 14.6 Å². The molecule has 154 valence electrons. The number of piperidine rings is 1. The normalized spacial score (nSPS) is 16.9. The van der Waals surface area contributed by atoms with E-state index in [1.54, 1.807) is 19.2 Å². The van der Waals surface area contributed by atoms with Crippen LogP contribution in [0.5, 0.6) is 0 Å². The van der Waals surface area contributed by atoms with E-state index in [9.17, 15) is 13.2 Å². The van der Waals surface area contributed by atoms with Crippen molar-refractivity contribution in [2.75, 3.05) is 32.6 Å². The van der Waals surface area contributed by atoms with Crippen molar-refractivity contribution in [3.8, 4) is 0 Å². The SMILES string of the molecule is COC[C@H](C)NC(=O)CSc1nc2cc(S(=O)(=O)N3CCCCC3)ccc2o1. The van der Waals surface area contributed by atoms with E-state index in [2.05, 4.69) is 10.3 Å². The summed E-state index contributed by atoms with van der Waals surface area (Å²) in [6, 6.07) is 4.62. The number of fused-ring (bicyclic) bond motifs is 1. The highest BCUT2D eigenvalue weighted by molar-refractivity contribution is 7.99. The molecule has 0 aliphatic carbocycles. The van der Waals surface area contributed by atoms with E-state index in [4.69, 9.17) is 9.15 Å². The summed E-state index contributed by atoms with van der Waals surface area (Å²) in [6.45, 7) is 3.40. The number of nitrogens with one attached hydrogen (secondary N) is 1. The van der Waals surface area contributed by atoms with Gasteiger partial charge in [0.2, 0.25) is 15.9 Å². The average molecular weight is 428 g/mol. The Hall–Kier alpha value is -1.62. The van der Waals surface area contributed by atoms with Crippen LogP contribution in [0.3, 0.4) is 0 Å². The van der Waals surface area contributed by atoms with Crippen molar-refractivity contribution in [3.63, 3.8) is 0 Å². The summed E-state index contributed by atoms with van der Waals surface area (Å²) in [5, 5.41) is 3.14. The van der Waals surface area contributed by atoms with Crippen LogP contribution < -0.4 is 5.32 Å².